The minimum atomic E-state index is -0.822. The first-order valence-electron chi connectivity index (χ1n) is 11.9. The molecular weight excluding hydrogens is 483 g/mol. The topological polar surface area (TPSA) is 108 Å². The van der Waals surface area contributed by atoms with Gasteiger partial charge in [-0.2, -0.15) is 0 Å². The lowest BCUT2D eigenvalue weighted by Crippen LogP contribution is -2.52. The molecule has 1 aliphatic heterocycles. The van der Waals surface area contributed by atoms with Crippen LogP contribution < -0.4 is 5.73 Å². The predicted octanol–water partition coefficient (Wildman–Crippen LogP) is 3.67. The highest BCUT2D eigenvalue weighted by Gasteiger charge is 2.29. The molecule has 1 saturated heterocycles. The summed E-state index contributed by atoms with van der Waals surface area (Å²) >= 11 is 6.50. The van der Waals surface area contributed by atoms with Gasteiger partial charge in [0.05, 0.1) is 27.6 Å². The van der Waals surface area contributed by atoms with Crippen molar-refractivity contribution in [2.24, 2.45) is 0 Å². The molecule has 3 heterocycles. The fraction of sp³-hybridized carbons (Fsp3) is 0.385. The van der Waals surface area contributed by atoms with Crippen molar-refractivity contribution in [3.8, 4) is 22.4 Å². The smallest absolute Gasteiger partial charge is 0.258 e. The molecule has 1 aromatic carbocycles. The number of carbonyl (C=O) groups is 1. The van der Waals surface area contributed by atoms with Crippen molar-refractivity contribution in [3.05, 3.63) is 58.9 Å². The number of aliphatic hydroxyl groups is 1. The second kappa shape index (κ2) is 10.5. The number of benzene rings is 1. The second-order valence-corrected chi connectivity index (χ2v) is 9.97. The van der Waals surface area contributed by atoms with Crippen LogP contribution in [0.3, 0.4) is 0 Å². The second-order valence-electron chi connectivity index (χ2n) is 9.56. The van der Waals surface area contributed by atoms with Crippen LogP contribution in [-0.4, -0.2) is 74.1 Å². The van der Waals surface area contributed by atoms with Crippen molar-refractivity contribution >= 4 is 23.3 Å². The zero-order valence-electron chi connectivity index (χ0n) is 20.6. The highest BCUT2D eigenvalue weighted by molar-refractivity contribution is 6.34. The highest BCUT2D eigenvalue weighted by Crippen LogP contribution is 2.35. The number of nitrogens with two attached hydrogens (primary N) is 1. The molecule has 1 fully saturated rings. The maximum Gasteiger partial charge on any atom is 0.258 e. The minimum absolute atomic E-state index is 0.0203. The van der Waals surface area contributed by atoms with Gasteiger partial charge in [0, 0.05) is 55.6 Å². The number of aromatic nitrogens is 3. The molecule has 4 rings (SSSR count). The van der Waals surface area contributed by atoms with Crippen LogP contribution in [0, 0.1) is 5.82 Å². The van der Waals surface area contributed by atoms with Gasteiger partial charge in [0.1, 0.15) is 18.0 Å². The van der Waals surface area contributed by atoms with E-state index in [0.717, 1.165) is 11.3 Å². The summed E-state index contributed by atoms with van der Waals surface area (Å²) in [7, 11) is 0. The van der Waals surface area contributed by atoms with Gasteiger partial charge in [-0.05, 0) is 44.5 Å². The first-order chi connectivity index (χ1) is 17.1. The minimum Gasteiger partial charge on any atom is -0.389 e. The fourth-order valence-electron chi connectivity index (χ4n) is 4.49. The Hall–Kier alpha value is -3.14. The third-order valence-electron chi connectivity index (χ3n) is 6.14. The van der Waals surface area contributed by atoms with E-state index in [1.165, 1.54) is 12.4 Å². The Bertz CT molecular complexity index is 1230. The number of β-amino-alcohol motifs (C(OH)–C–C–N with tert-alkyl or cyclic N) is 1. The SMILES string of the molecule is CCc1ncnc(-c2cc(F)c(C(=O)N3CCN(CC(C)(C)O)CC3)c(Cl)c2)c1-c1ccc(N)nc1. The third-order valence-corrected chi connectivity index (χ3v) is 6.43. The molecule has 0 radical (unpaired) electrons. The van der Waals surface area contributed by atoms with Crippen molar-refractivity contribution < 1.29 is 14.3 Å². The molecule has 0 unspecified atom stereocenters. The number of carbonyl (C=O) groups excluding carboxylic acids is 1. The van der Waals surface area contributed by atoms with Crippen molar-refractivity contribution in [2.45, 2.75) is 32.8 Å². The van der Waals surface area contributed by atoms with Gasteiger partial charge in [0.25, 0.3) is 5.91 Å². The summed E-state index contributed by atoms with van der Waals surface area (Å²) in [6.07, 6.45) is 3.69. The van der Waals surface area contributed by atoms with Gasteiger partial charge >= 0.3 is 0 Å². The molecule has 8 nitrogen and oxygen atoms in total. The number of nitrogen functional groups attached to an aromatic ring is 1. The van der Waals surface area contributed by atoms with Crippen LogP contribution in [0.2, 0.25) is 5.02 Å². The van der Waals surface area contributed by atoms with E-state index in [2.05, 4.69) is 19.9 Å². The van der Waals surface area contributed by atoms with E-state index >= 15 is 4.39 Å². The molecule has 190 valence electrons. The quantitative estimate of drug-likeness (QED) is 0.518. The van der Waals surface area contributed by atoms with Gasteiger partial charge in [-0.1, -0.05) is 18.5 Å². The molecule has 0 atom stereocenters. The summed E-state index contributed by atoms with van der Waals surface area (Å²) in [6, 6.07) is 6.36. The Morgan fingerprint density at radius 1 is 1.14 bits per heavy atom. The number of amides is 1. The van der Waals surface area contributed by atoms with Crippen LogP contribution in [-0.2, 0) is 6.42 Å². The van der Waals surface area contributed by atoms with Gasteiger partial charge in [0.2, 0.25) is 0 Å². The van der Waals surface area contributed by atoms with E-state index in [-0.39, 0.29) is 10.6 Å². The Labute approximate surface area is 214 Å². The third kappa shape index (κ3) is 5.64. The first kappa shape index (κ1) is 25.9. The monoisotopic (exact) mass is 512 g/mol. The average molecular weight is 513 g/mol. The Kier molecular flexibility index (Phi) is 7.54. The van der Waals surface area contributed by atoms with Crippen LogP contribution in [0.25, 0.3) is 22.4 Å². The number of hydrogen-bond donors (Lipinski definition) is 2. The van der Waals surface area contributed by atoms with Crippen molar-refractivity contribution in [1.82, 2.24) is 24.8 Å². The van der Waals surface area contributed by atoms with Gasteiger partial charge in [-0.15, -0.1) is 0 Å². The molecule has 10 heteroatoms. The normalized spacial score (nSPS) is 14.8. The molecule has 0 spiro atoms. The summed E-state index contributed by atoms with van der Waals surface area (Å²) in [6.45, 7) is 7.99. The van der Waals surface area contributed by atoms with Gasteiger partial charge in [0.15, 0.2) is 0 Å². The van der Waals surface area contributed by atoms with E-state index in [1.54, 1.807) is 37.1 Å². The summed E-state index contributed by atoms with van der Waals surface area (Å²) in [5, 5.41) is 10.1. The number of pyridine rings is 1. The number of hydrogen-bond acceptors (Lipinski definition) is 7. The summed E-state index contributed by atoms with van der Waals surface area (Å²) in [4.78, 5) is 29.8. The summed E-state index contributed by atoms with van der Waals surface area (Å²) in [5.74, 6) is -0.778. The van der Waals surface area contributed by atoms with E-state index in [0.29, 0.717) is 61.8 Å². The van der Waals surface area contributed by atoms with E-state index in [1.807, 2.05) is 13.0 Å². The molecule has 0 bridgehead atoms. The number of halogens is 2. The molecule has 0 aliphatic carbocycles. The number of aryl methyl sites for hydroxylation is 1. The number of nitrogens with zero attached hydrogens (tertiary/aromatic N) is 5. The standard InChI is InChI=1S/C26H30ClFN6O2/c1-4-20-22(16-5-6-21(29)30-13-16)24(32-15-31-20)17-11-18(27)23(19(28)12-17)25(35)34-9-7-33(8-10-34)14-26(2,3)36/h5-6,11-13,15,36H,4,7-10,14H2,1-3H3,(H2,29,30). The lowest BCUT2D eigenvalue weighted by Gasteiger charge is -2.37. The molecule has 36 heavy (non-hydrogen) atoms. The Morgan fingerprint density at radius 2 is 1.86 bits per heavy atom. The molecule has 0 saturated carbocycles. The van der Waals surface area contributed by atoms with Crippen LogP contribution in [0.1, 0.15) is 36.8 Å². The Morgan fingerprint density at radius 3 is 2.44 bits per heavy atom. The lowest BCUT2D eigenvalue weighted by atomic mass is 9.96. The zero-order valence-corrected chi connectivity index (χ0v) is 21.4. The molecule has 1 aliphatic rings. The number of piperazine rings is 1. The van der Waals surface area contributed by atoms with E-state index < -0.39 is 17.3 Å². The van der Waals surface area contributed by atoms with Gasteiger partial charge in [-0.25, -0.2) is 19.3 Å². The summed E-state index contributed by atoms with van der Waals surface area (Å²) in [5.41, 5.74) is 7.93. The van der Waals surface area contributed by atoms with Crippen LogP contribution in [0.5, 0.6) is 0 Å². The van der Waals surface area contributed by atoms with Crippen molar-refractivity contribution in [1.29, 1.82) is 0 Å². The highest BCUT2D eigenvalue weighted by atomic mass is 35.5. The molecule has 3 aromatic rings. The van der Waals surface area contributed by atoms with Crippen LogP contribution >= 0.6 is 11.6 Å². The van der Waals surface area contributed by atoms with E-state index in [4.69, 9.17) is 17.3 Å². The molecule has 1 amide bonds. The average Bonchev–Trinajstić information content (AvgIpc) is 2.83. The fourth-order valence-corrected chi connectivity index (χ4v) is 4.78. The number of anilines is 1. The maximum absolute atomic E-state index is 15.4. The molecule has 2 aromatic heterocycles. The van der Waals surface area contributed by atoms with Crippen LogP contribution in [0.15, 0.2) is 36.8 Å². The molecular formula is C26H30ClFN6O2. The first-order valence-corrected chi connectivity index (χ1v) is 12.2. The predicted molar refractivity (Wildman–Crippen MR) is 138 cm³/mol. The van der Waals surface area contributed by atoms with Crippen molar-refractivity contribution in [3.63, 3.8) is 0 Å². The van der Waals surface area contributed by atoms with Crippen molar-refractivity contribution in [2.75, 3.05) is 38.5 Å². The number of rotatable bonds is 6. The lowest BCUT2D eigenvalue weighted by molar-refractivity contribution is 0.0178. The van der Waals surface area contributed by atoms with Gasteiger partial charge in [-0.3, -0.25) is 9.69 Å². The maximum atomic E-state index is 15.4. The molecule has 3 N–H and O–H groups in total. The zero-order chi connectivity index (χ0) is 26.0. The largest absolute Gasteiger partial charge is 0.389 e. The van der Waals surface area contributed by atoms with E-state index in [9.17, 15) is 9.90 Å². The van der Waals surface area contributed by atoms with Crippen LogP contribution in [0.4, 0.5) is 10.2 Å². The Balaban J connectivity index is 1.64. The summed E-state index contributed by atoms with van der Waals surface area (Å²) < 4.78 is 15.4. The van der Waals surface area contributed by atoms with Gasteiger partial charge < -0.3 is 15.7 Å².